The number of ether oxygens (including phenoxy) is 2. The molecule has 0 atom stereocenters. The van der Waals surface area contributed by atoms with Gasteiger partial charge in [-0.25, -0.2) is 0 Å². The molecule has 0 aliphatic carbocycles. The summed E-state index contributed by atoms with van der Waals surface area (Å²) in [5.41, 5.74) is 2.22. The van der Waals surface area contributed by atoms with E-state index in [4.69, 9.17) is 9.47 Å². The van der Waals surface area contributed by atoms with Crippen LogP contribution in [0.25, 0.3) is 0 Å². The Labute approximate surface area is 162 Å². The molecule has 0 bridgehead atoms. The molecule has 0 aliphatic rings. The molecule has 3 nitrogen and oxygen atoms in total. The first-order valence-electron chi connectivity index (χ1n) is 9.62. The molecule has 27 heavy (non-hydrogen) atoms. The second kappa shape index (κ2) is 10.3. The molecule has 3 aromatic carbocycles. The number of unbranched alkanes of at least 4 members (excludes halogenated alkanes) is 2. The molecule has 0 unspecified atom stereocenters. The van der Waals surface area contributed by atoms with Crippen LogP contribution in [0.15, 0.2) is 78.9 Å². The van der Waals surface area contributed by atoms with Crippen molar-refractivity contribution >= 4 is 5.69 Å². The smallest absolute Gasteiger partial charge is 0.127 e. The largest absolute Gasteiger partial charge is 0.493 e. The molecule has 140 valence electrons. The van der Waals surface area contributed by atoms with E-state index >= 15 is 0 Å². The molecule has 0 radical (unpaired) electrons. The summed E-state index contributed by atoms with van der Waals surface area (Å²) in [6.45, 7) is 3.70. The van der Waals surface area contributed by atoms with Crippen LogP contribution in [0, 0.1) is 0 Å². The Kier molecular flexibility index (Phi) is 7.16. The van der Waals surface area contributed by atoms with Crippen LogP contribution < -0.4 is 14.8 Å². The number of rotatable bonds is 10. The van der Waals surface area contributed by atoms with Crippen molar-refractivity contribution in [3.63, 3.8) is 0 Å². The summed E-state index contributed by atoms with van der Waals surface area (Å²) in [6, 6.07) is 26.0. The van der Waals surface area contributed by atoms with E-state index in [2.05, 4.69) is 18.3 Å². The number of anilines is 1. The van der Waals surface area contributed by atoms with Crippen LogP contribution in [0.2, 0.25) is 0 Å². The Morgan fingerprint density at radius 2 is 1.44 bits per heavy atom. The fourth-order valence-corrected chi connectivity index (χ4v) is 2.79. The Morgan fingerprint density at radius 1 is 0.741 bits per heavy atom. The van der Waals surface area contributed by atoms with Crippen molar-refractivity contribution < 1.29 is 9.47 Å². The van der Waals surface area contributed by atoms with E-state index in [1.165, 1.54) is 18.4 Å². The van der Waals surface area contributed by atoms with E-state index in [-0.39, 0.29) is 0 Å². The second-order valence-electron chi connectivity index (χ2n) is 6.46. The van der Waals surface area contributed by atoms with E-state index < -0.39 is 0 Å². The van der Waals surface area contributed by atoms with Crippen LogP contribution in [0.1, 0.15) is 31.7 Å². The lowest BCUT2D eigenvalue weighted by Gasteiger charge is -2.13. The third kappa shape index (κ3) is 6.07. The molecule has 3 rings (SSSR count). The number of benzene rings is 3. The van der Waals surface area contributed by atoms with Crippen molar-refractivity contribution in [1.29, 1.82) is 0 Å². The summed E-state index contributed by atoms with van der Waals surface area (Å²) in [5.74, 6) is 2.63. The Hall–Kier alpha value is -2.94. The predicted molar refractivity (Wildman–Crippen MR) is 112 cm³/mol. The molecule has 0 aliphatic heterocycles. The van der Waals surface area contributed by atoms with Crippen molar-refractivity contribution in [3.8, 4) is 17.2 Å². The van der Waals surface area contributed by atoms with Crippen LogP contribution in [0.5, 0.6) is 17.2 Å². The van der Waals surface area contributed by atoms with Crippen LogP contribution in [0.3, 0.4) is 0 Å². The van der Waals surface area contributed by atoms with Gasteiger partial charge in [-0.15, -0.1) is 0 Å². The number of hydrogen-bond acceptors (Lipinski definition) is 3. The van der Waals surface area contributed by atoms with Crippen LogP contribution in [-0.2, 0) is 6.54 Å². The zero-order valence-corrected chi connectivity index (χ0v) is 15.9. The molecule has 0 aromatic heterocycles. The van der Waals surface area contributed by atoms with E-state index in [0.29, 0.717) is 0 Å². The van der Waals surface area contributed by atoms with Crippen molar-refractivity contribution in [3.05, 3.63) is 84.4 Å². The van der Waals surface area contributed by atoms with Gasteiger partial charge < -0.3 is 14.8 Å². The molecular formula is C24H27NO2. The minimum atomic E-state index is 0.725. The van der Waals surface area contributed by atoms with E-state index in [9.17, 15) is 0 Å². The van der Waals surface area contributed by atoms with Gasteiger partial charge in [0.1, 0.15) is 17.2 Å². The summed E-state index contributed by atoms with van der Waals surface area (Å²) >= 11 is 0. The van der Waals surface area contributed by atoms with Gasteiger partial charge in [0.15, 0.2) is 0 Å². The third-order valence-electron chi connectivity index (χ3n) is 4.29. The third-order valence-corrected chi connectivity index (χ3v) is 4.29. The van der Waals surface area contributed by atoms with Gasteiger partial charge in [0, 0.05) is 17.8 Å². The summed E-state index contributed by atoms with van der Waals surface area (Å²) in [6.07, 6.45) is 3.51. The first kappa shape index (κ1) is 18.8. The standard InChI is InChI=1S/C24H27NO2/c1-2-3-9-18-26-24-13-8-7-10-20(24)19-25-21-14-16-23(17-15-21)27-22-11-5-4-6-12-22/h4-8,10-17,25H,2-3,9,18-19H2,1H3. The van der Waals surface area contributed by atoms with Gasteiger partial charge in [-0.2, -0.15) is 0 Å². The van der Waals surface area contributed by atoms with E-state index in [0.717, 1.165) is 42.5 Å². The zero-order valence-electron chi connectivity index (χ0n) is 15.9. The molecular weight excluding hydrogens is 334 g/mol. The maximum Gasteiger partial charge on any atom is 0.127 e. The zero-order chi connectivity index (χ0) is 18.7. The highest BCUT2D eigenvalue weighted by atomic mass is 16.5. The first-order chi connectivity index (χ1) is 13.3. The van der Waals surface area contributed by atoms with Gasteiger partial charge in [-0.1, -0.05) is 56.2 Å². The quantitative estimate of drug-likeness (QED) is 0.410. The lowest BCUT2D eigenvalue weighted by molar-refractivity contribution is 0.303. The van der Waals surface area contributed by atoms with Gasteiger partial charge in [-0.3, -0.25) is 0 Å². The van der Waals surface area contributed by atoms with Gasteiger partial charge >= 0.3 is 0 Å². The fourth-order valence-electron chi connectivity index (χ4n) is 2.79. The number of hydrogen-bond donors (Lipinski definition) is 1. The minimum absolute atomic E-state index is 0.725. The van der Waals surface area contributed by atoms with E-state index in [1.54, 1.807) is 0 Å². The monoisotopic (exact) mass is 361 g/mol. The molecule has 1 N–H and O–H groups in total. The van der Waals surface area contributed by atoms with Gasteiger partial charge in [-0.05, 0) is 48.9 Å². The van der Waals surface area contributed by atoms with Crippen LogP contribution in [-0.4, -0.2) is 6.61 Å². The van der Waals surface area contributed by atoms with Gasteiger partial charge in [0.05, 0.1) is 6.61 Å². The normalized spacial score (nSPS) is 10.4. The summed E-state index contributed by atoms with van der Waals surface area (Å²) in [5, 5.41) is 3.46. The molecule has 0 spiro atoms. The highest BCUT2D eigenvalue weighted by molar-refractivity contribution is 5.48. The van der Waals surface area contributed by atoms with Crippen LogP contribution in [0.4, 0.5) is 5.69 Å². The molecule has 3 heteroatoms. The Balaban J connectivity index is 1.54. The summed E-state index contributed by atoms with van der Waals surface area (Å²) in [4.78, 5) is 0. The highest BCUT2D eigenvalue weighted by Gasteiger charge is 2.03. The van der Waals surface area contributed by atoms with Crippen molar-refractivity contribution in [2.75, 3.05) is 11.9 Å². The highest BCUT2D eigenvalue weighted by Crippen LogP contribution is 2.24. The average molecular weight is 361 g/mol. The predicted octanol–water partition coefficient (Wildman–Crippen LogP) is 6.66. The summed E-state index contributed by atoms with van der Waals surface area (Å²) in [7, 11) is 0. The lowest BCUT2D eigenvalue weighted by Crippen LogP contribution is -2.04. The lowest BCUT2D eigenvalue weighted by atomic mass is 10.2. The van der Waals surface area contributed by atoms with Crippen molar-refractivity contribution in [2.45, 2.75) is 32.7 Å². The second-order valence-corrected chi connectivity index (χ2v) is 6.46. The summed E-state index contributed by atoms with van der Waals surface area (Å²) < 4.78 is 11.8. The molecule has 0 amide bonds. The topological polar surface area (TPSA) is 30.5 Å². The van der Waals surface area contributed by atoms with Gasteiger partial charge in [0.2, 0.25) is 0 Å². The molecule has 0 heterocycles. The minimum Gasteiger partial charge on any atom is -0.493 e. The molecule has 0 fully saturated rings. The van der Waals surface area contributed by atoms with Crippen molar-refractivity contribution in [1.82, 2.24) is 0 Å². The number of nitrogens with one attached hydrogen (secondary N) is 1. The maximum absolute atomic E-state index is 5.95. The Morgan fingerprint density at radius 3 is 2.22 bits per heavy atom. The maximum atomic E-state index is 5.95. The van der Waals surface area contributed by atoms with Gasteiger partial charge in [0.25, 0.3) is 0 Å². The van der Waals surface area contributed by atoms with Crippen LogP contribution >= 0.6 is 0 Å². The fraction of sp³-hybridized carbons (Fsp3) is 0.250. The molecule has 0 saturated carbocycles. The first-order valence-corrected chi connectivity index (χ1v) is 9.62. The molecule has 3 aromatic rings. The SMILES string of the molecule is CCCCCOc1ccccc1CNc1ccc(Oc2ccccc2)cc1. The average Bonchev–Trinajstić information content (AvgIpc) is 2.72. The van der Waals surface area contributed by atoms with E-state index in [1.807, 2.05) is 72.8 Å². The molecule has 0 saturated heterocycles. The van der Waals surface area contributed by atoms with Crippen molar-refractivity contribution in [2.24, 2.45) is 0 Å². The number of para-hydroxylation sites is 2. The Bertz CT molecular complexity index is 800.